The van der Waals surface area contributed by atoms with Crippen LogP contribution in [0.3, 0.4) is 0 Å². The molecule has 0 saturated carbocycles. The van der Waals surface area contributed by atoms with Crippen molar-refractivity contribution in [3.8, 4) is 5.75 Å². The first-order valence-corrected chi connectivity index (χ1v) is 5.35. The Morgan fingerprint density at radius 1 is 1.50 bits per heavy atom. The van der Waals surface area contributed by atoms with Crippen LogP contribution in [-0.4, -0.2) is 20.8 Å². The van der Waals surface area contributed by atoms with Crippen LogP contribution in [0.2, 0.25) is 0 Å². The number of nitrogens with zero attached hydrogens (tertiary/aromatic N) is 3. The van der Waals surface area contributed by atoms with Crippen LogP contribution in [0.4, 0.5) is 4.39 Å². The lowest BCUT2D eigenvalue weighted by atomic mass is 10.1. The highest BCUT2D eigenvalue weighted by Crippen LogP contribution is 2.17. The number of halogens is 1. The van der Waals surface area contributed by atoms with E-state index in [1.807, 2.05) is 0 Å². The van der Waals surface area contributed by atoms with Gasteiger partial charge in [-0.3, -0.25) is 9.48 Å². The Balaban J connectivity index is 2.06. The van der Waals surface area contributed by atoms with Crippen molar-refractivity contribution in [1.29, 1.82) is 0 Å². The first kappa shape index (κ1) is 12.2. The predicted molar refractivity (Wildman–Crippen MR) is 61.7 cm³/mol. The molecule has 0 aliphatic carbocycles. The van der Waals surface area contributed by atoms with Gasteiger partial charge in [-0.2, -0.15) is 0 Å². The van der Waals surface area contributed by atoms with Crippen molar-refractivity contribution >= 4 is 5.78 Å². The Hall–Kier alpha value is -2.24. The number of carbonyl (C=O) groups is 1. The second kappa shape index (κ2) is 4.95. The van der Waals surface area contributed by atoms with Crippen molar-refractivity contribution in [2.24, 2.45) is 7.05 Å². The molecule has 1 aromatic carbocycles. The van der Waals surface area contributed by atoms with Crippen molar-refractivity contribution < 1.29 is 13.9 Å². The average Bonchev–Trinajstić information content (AvgIpc) is 2.72. The van der Waals surface area contributed by atoms with E-state index in [0.29, 0.717) is 11.4 Å². The quantitative estimate of drug-likeness (QED) is 0.774. The largest absolute Gasteiger partial charge is 0.487 e. The molecule has 0 saturated heterocycles. The lowest BCUT2D eigenvalue weighted by Gasteiger charge is -2.05. The lowest BCUT2D eigenvalue weighted by molar-refractivity contribution is 0.101. The van der Waals surface area contributed by atoms with E-state index >= 15 is 0 Å². The van der Waals surface area contributed by atoms with E-state index in [2.05, 4.69) is 10.3 Å². The Morgan fingerprint density at radius 2 is 2.28 bits per heavy atom. The second-order valence-electron chi connectivity index (χ2n) is 3.87. The van der Waals surface area contributed by atoms with Crippen LogP contribution in [0.15, 0.2) is 24.4 Å². The van der Waals surface area contributed by atoms with Crippen LogP contribution in [-0.2, 0) is 13.7 Å². The number of hydrogen-bond acceptors (Lipinski definition) is 4. The third-order valence-electron chi connectivity index (χ3n) is 2.36. The molecule has 0 spiro atoms. The molecule has 0 unspecified atom stereocenters. The van der Waals surface area contributed by atoms with Gasteiger partial charge in [-0.15, -0.1) is 5.10 Å². The minimum absolute atomic E-state index is 0.0573. The Bertz CT molecular complexity index is 580. The molecule has 0 aliphatic rings. The van der Waals surface area contributed by atoms with Gasteiger partial charge >= 0.3 is 0 Å². The normalized spacial score (nSPS) is 10.4. The van der Waals surface area contributed by atoms with Gasteiger partial charge in [0.2, 0.25) is 0 Å². The lowest BCUT2D eigenvalue weighted by Crippen LogP contribution is -2.00. The average molecular weight is 249 g/mol. The summed E-state index contributed by atoms with van der Waals surface area (Å²) in [4.78, 5) is 11.1. The number of ketones is 1. The molecule has 6 heteroatoms. The van der Waals surface area contributed by atoms with Crippen molar-refractivity contribution in [2.75, 3.05) is 0 Å². The van der Waals surface area contributed by atoms with E-state index in [1.54, 1.807) is 24.0 Å². The van der Waals surface area contributed by atoms with Crippen LogP contribution >= 0.6 is 0 Å². The zero-order valence-electron chi connectivity index (χ0n) is 10.1. The fourth-order valence-electron chi connectivity index (χ4n) is 1.49. The summed E-state index contributed by atoms with van der Waals surface area (Å²) in [5.74, 6) is -0.546. The summed E-state index contributed by atoms with van der Waals surface area (Å²) in [5, 5.41) is 7.59. The monoisotopic (exact) mass is 249 g/mol. The maximum absolute atomic E-state index is 13.5. The minimum atomic E-state index is -0.584. The minimum Gasteiger partial charge on any atom is -0.487 e. The number of ether oxygens (including phenoxy) is 1. The first-order chi connectivity index (χ1) is 8.56. The maximum atomic E-state index is 13.5. The molecule has 0 radical (unpaired) electrons. The molecule has 94 valence electrons. The fraction of sp³-hybridized carbons (Fsp3) is 0.250. The molecular formula is C12H12FN3O2. The van der Waals surface area contributed by atoms with E-state index in [1.165, 1.54) is 19.1 Å². The predicted octanol–water partition coefficient (Wildman–Crippen LogP) is 1.74. The summed E-state index contributed by atoms with van der Waals surface area (Å²) in [6.45, 7) is 1.52. The zero-order valence-corrected chi connectivity index (χ0v) is 10.1. The third-order valence-corrected chi connectivity index (χ3v) is 2.36. The van der Waals surface area contributed by atoms with E-state index < -0.39 is 5.82 Å². The van der Waals surface area contributed by atoms with Crippen LogP contribution in [0.1, 0.15) is 23.0 Å². The Morgan fingerprint density at radius 3 is 2.83 bits per heavy atom. The molecule has 1 aromatic heterocycles. The highest BCUT2D eigenvalue weighted by atomic mass is 19.1. The van der Waals surface area contributed by atoms with Gasteiger partial charge < -0.3 is 4.74 Å². The van der Waals surface area contributed by atoms with E-state index in [-0.39, 0.29) is 18.0 Å². The number of carbonyl (C=O) groups excluding carboxylic acids is 1. The molecule has 2 rings (SSSR count). The standard InChI is InChI=1S/C12H12FN3O2/c1-8(17)11-4-3-10(5-12(11)13)18-7-9-6-16(2)15-14-9/h3-6H,7H2,1-2H3. The summed E-state index contributed by atoms with van der Waals surface area (Å²) < 4.78 is 20.4. The second-order valence-corrected chi connectivity index (χ2v) is 3.87. The maximum Gasteiger partial charge on any atom is 0.162 e. The van der Waals surface area contributed by atoms with Gasteiger partial charge in [0, 0.05) is 13.1 Å². The number of benzene rings is 1. The van der Waals surface area contributed by atoms with Crippen LogP contribution in [0.25, 0.3) is 0 Å². The SMILES string of the molecule is CC(=O)c1ccc(OCc2cn(C)nn2)cc1F. The molecule has 0 aliphatic heterocycles. The molecule has 0 N–H and O–H groups in total. The van der Waals surface area contributed by atoms with Crippen molar-refractivity contribution in [2.45, 2.75) is 13.5 Å². The molecule has 5 nitrogen and oxygen atoms in total. The van der Waals surface area contributed by atoms with Crippen LogP contribution in [0, 0.1) is 5.82 Å². The molecular weight excluding hydrogens is 237 g/mol. The molecule has 0 atom stereocenters. The van der Waals surface area contributed by atoms with Gasteiger partial charge in [0.05, 0.1) is 11.8 Å². The van der Waals surface area contributed by atoms with Crippen molar-refractivity contribution in [1.82, 2.24) is 15.0 Å². The summed E-state index contributed by atoms with van der Waals surface area (Å²) in [6.07, 6.45) is 1.71. The molecule has 18 heavy (non-hydrogen) atoms. The van der Waals surface area contributed by atoms with Gasteiger partial charge in [-0.25, -0.2) is 4.39 Å². The van der Waals surface area contributed by atoms with Gasteiger partial charge in [0.25, 0.3) is 0 Å². The van der Waals surface area contributed by atoms with Crippen LogP contribution in [0.5, 0.6) is 5.75 Å². The Labute approximate surface area is 103 Å². The molecule has 2 aromatic rings. The molecule has 0 bridgehead atoms. The number of rotatable bonds is 4. The summed E-state index contributed by atoms with van der Waals surface area (Å²) >= 11 is 0. The van der Waals surface area contributed by atoms with Gasteiger partial charge in [-0.05, 0) is 19.1 Å². The number of hydrogen-bond donors (Lipinski definition) is 0. The molecule has 0 fully saturated rings. The fourth-order valence-corrected chi connectivity index (χ4v) is 1.49. The number of aryl methyl sites for hydroxylation is 1. The zero-order chi connectivity index (χ0) is 13.1. The van der Waals surface area contributed by atoms with Gasteiger partial charge in [0.15, 0.2) is 5.78 Å². The third kappa shape index (κ3) is 2.71. The topological polar surface area (TPSA) is 57.0 Å². The van der Waals surface area contributed by atoms with Gasteiger partial charge in [0.1, 0.15) is 23.9 Å². The Kier molecular flexibility index (Phi) is 3.36. The molecule has 0 amide bonds. The smallest absolute Gasteiger partial charge is 0.162 e. The first-order valence-electron chi connectivity index (χ1n) is 5.35. The van der Waals surface area contributed by atoms with E-state index in [0.717, 1.165) is 0 Å². The highest BCUT2D eigenvalue weighted by Gasteiger charge is 2.08. The van der Waals surface area contributed by atoms with Crippen LogP contribution < -0.4 is 4.74 Å². The summed E-state index contributed by atoms with van der Waals surface area (Å²) in [6, 6.07) is 4.15. The summed E-state index contributed by atoms with van der Waals surface area (Å²) in [5.41, 5.74) is 0.704. The van der Waals surface area contributed by atoms with Crippen molar-refractivity contribution in [3.05, 3.63) is 41.5 Å². The van der Waals surface area contributed by atoms with E-state index in [4.69, 9.17) is 4.74 Å². The number of aromatic nitrogens is 3. The summed E-state index contributed by atoms with van der Waals surface area (Å²) in [7, 11) is 1.75. The number of Topliss-reactive ketones (excluding diaryl/α,β-unsaturated/α-hetero) is 1. The van der Waals surface area contributed by atoms with Crippen molar-refractivity contribution in [3.63, 3.8) is 0 Å². The highest BCUT2D eigenvalue weighted by molar-refractivity contribution is 5.94. The van der Waals surface area contributed by atoms with Gasteiger partial charge in [-0.1, -0.05) is 5.21 Å². The van der Waals surface area contributed by atoms with E-state index in [9.17, 15) is 9.18 Å². The molecule has 1 heterocycles.